The highest BCUT2D eigenvalue weighted by atomic mass is 79.9. The summed E-state index contributed by atoms with van der Waals surface area (Å²) in [7, 11) is 1.67. The molecule has 19 heavy (non-hydrogen) atoms. The predicted molar refractivity (Wildman–Crippen MR) is 81.1 cm³/mol. The Labute approximate surface area is 122 Å². The van der Waals surface area contributed by atoms with Crippen LogP contribution < -0.4 is 9.47 Å². The first-order chi connectivity index (χ1) is 9.22. The standard InChI is InChI=1S/C16H17BrO2/c1-12-4-3-5-13(8-12)11-19-16-7-6-15(18-2)9-14(16)10-17/h3-9H,10-11H2,1-2H3. The van der Waals surface area contributed by atoms with Gasteiger partial charge in [0.2, 0.25) is 0 Å². The molecule has 0 unspecified atom stereocenters. The second-order valence-electron chi connectivity index (χ2n) is 4.39. The number of rotatable bonds is 5. The Morgan fingerprint density at radius 3 is 2.63 bits per heavy atom. The second-order valence-corrected chi connectivity index (χ2v) is 4.95. The summed E-state index contributed by atoms with van der Waals surface area (Å²) in [6, 6.07) is 14.2. The zero-order valence-corrected chi connectivity index (χ0v) is 12.7. The van der Waals surface area contributed by atoms with Gasteiger partial charge in [-0.3, -0.25) is 0 Å². The van der Waals surface area contributed by atoms with Crippen molar-refractivity contribution in [2.24, 2.45) is 0 Å². The fourth-order valence-electron chi connectivity index (χ4n) is 1.89. The van der Waals surface area contributed by atoms with E-state index in [1.54, 1.807) is 7.11 Å². The summed E-state index contributed by atoms with van der Waals surface area (Å²) in [5, 5.41) is 0.743. The fraction of sp³-hybridized carbons (Fsp3) is 0.250. The van der Waals surface area contributed by atoms with Gasteiger partial charge in [0.25, 0.3) is 0 Å². The second kappa shape index (κ2) is 6.62. The van der Waals surface area contributed by atoms with Crippen molar-refractivity contribution in [1.29, 1.82) is 0 Å². The normalized spacial score (nSPS) is 10.3. The molecule has 0 aliphatic rings. The van der Waals surface area contributed by atoms with Crippen molar-refractivity contribution >= 4 is 15.9 Å². The third-order valence-electron chi connectivity index (χ3n) is 2.89. The summed E-state index contributed by atoms with van der Waals surface area (Å²) >= 11 is 3.47. The molecular formula is C16H17BrO2. The lowest BCUT2D eigenvalue weighted by atomic mass is 10.1. The minimum atomic E-state index is 0.577. The first-order valence-corrected chi connectivity index (χ1v) is 7.26. The predicted octanol–water partition coefficient (Wildman–Crippen LogP) is 4.48. The first-order valence-electron chi connectivity index (χ1n) is 6.14. The van der Waals surface area contributed by atoms with Gasteiger partial charge in [0.15, 0.2) is 0 Å². The molecule has 0 radical (unpaired) electrons. The minimum Gasteiger partial charge on any atom is -0.497 e. The summed E-state index contributed by atoms with van der Waals surface area (Å²) in [6.45, 7) is 2.66. The van der Waals surface area contributed by atoms with E-state index in [1.165, 1.54) is 11.1 Å². The average Bonchev–Trinajstić information content (AvgIpc) is 2.45. The molecule has 0 heterocycles. The molecule has 0 fully saturated rings. The lowest BCUT2D eigenvalue weighted by molar-refractivity contribution is 0.303. The summed E-state index contributed by atoms with van der Waals surface area (Å²) < 4.78 is 11.1. The molecule has 0 spiro atoms. The maximum Gasteiger partial charge on any atom is 0.124 e. The van der Waals surface area contributed by atoms with Crippen molar-refractivity contribution in [3.8, 4) is 11.5 Å². The van der Waals surface area contributed by atoms with Crippen LogP contribution in [0.3, 0.4) is 0 Å². The maximum atomic E-state index is 5.88. The van der Waals surface area contributed by atoms with Crippen molar-refractivity contribution in [1.82, 2.24) is 0 Å². The van der Waals surface area contributed by atoms with Crippen molar-refractivity contribution in [3.05, 3.63) is 59.2 Å². The van der Waals surface area contributed by atoms with Crippen LogP contribution in [0.15, 0.2) is 42.5 Å². The van der Waals surface area contributed by atoms with Gasteiger partial charge in [-0.05, 0) is 30.7 Å². The molecule has 0 N–H and O–H groups in total. The van der Waals surface area contributed by atoms with Crippen LogP contribution >= 0.6 is 15.9 Å². The monoisotopic (exact) mass is 320 g/mol. The third kappa shape index (κ3) is 3.74. The zero-order valence-electron chi connectivity index (χ0n) is 11.2. The Morgan fingerprint density at radius 2 is 1.95 bits per heavy atom. The first kappa shape index (κ1) is 13.9. The van der Waals surface area contributed by atoms with Crippen LogP contribution in [-0.2, 0) is 11.9 Å². The van der Waals surface area contributed by atoms with Gasteiger partial charge in [-0.2, -0.15) is 0 Å². The SMILES string of the molecule is COc1ccc(OCc2cccc(C)c2)c(CBr)c1. The van der Waals surface area contributed by atoms with E-state index < -0.39 is 0 Å². The van der Waals surface area contributed by atoms with Crippen molar-refractivity contribution in [2.75, 3.05) is 7.11 Å². The van der Waals surface area contributed by atoms with Gasteiger partial charge in [-0.25, -0.2) is 0 Å². The van der Waals surface area contributed by atoms with Gasteiger partial charge in [0.05, 0.1) is 7.11 Å². The largest absolute Gasteiger partial charge is 0.497 e. The summed E-state index contributed by atoms with van der Waals surface area (Å²) in [5.41, 5.74) is 3.51. The Bertz CT molecular complexity index is 552. The quantitative estimate of drug-likeness (QED) is 0.756. The van der Waals surface area contributed by atoms with E-state index in [4.69, 9.17) is 9.47 Å². The van der Waals surface area contributed by atoms with Crippen LogP contribution in [0.1, 0.15) is 16.7 Å². The van der Waals surface area contributed by atoms with Crippen molar-refractivity contribution in [2.45, 2.75) is 18.9 Å². The molecule has 100 valence electrons. The van der Waals surface area contributed by atoms with Gasteiger partial charge in [-0.1, -0.05) is 45.8 Å². The Kier molecular flexibility index (Phi) is 4.86. The molecule has 0 atom stereocenters. The number of alkyl halides is 1. The topological polar surface area (TPSA) is 18.5 Å². The van der Waals surface area contributed by atoms with Gasteiger partial charge in [-0.15, -0.1) is 0 Å². The number of ether oxygens (including phenoxy) is 2. The Morgan fingerprint density at radius 1 is 1.11 bits per heavy atom. The molecular weight excluding hydrogens is 304 g/mol. The molecule has 0 amide bonds. The average molecular weight is 321 g/mol. The van der Waals surface area contributed by atoms with Gasteiger partial charge in [0, 0.05) is 10.9 Å². The molecule has 3 heteroatoms. The zero-order chi connectivity index (χ0) is 13.7. The summed E-state index contributed by atoms with van der Waals surface area (Å²) in [4.78, 5) is 0. The maximum absolute atomic E-state index is 5.88. The lowest BCUT2D eigenvalue weighted by Crippen LogP contribution is -1.98. The molecule has 2 rings (SSSR count). The van der Waals surface area contributed by atoms with Gasteiger partial charge >= 0.3 is 0 Å². The lowest BCUT2D eigenvalue weighted by Gasteiger charge is -2.12. The molecule has 2 aromatic carbocycles. The van der Waals surface area contributed by atoms with Crippen LogP contribution in [0, 0.1) is 6.92 Å². The Balaban J connectivity index is 2.11. The molecule has 0 bridgehead atoms. The van der Waals surface area contributed by atoms with Crippen LogP contribution in [0.4, 0.5) is 0 Å². The number of halogens is 1. The number of benzene rings is 2. The Hall–Kier alpha value is -1.48. The van der Waals surface area contributed by atoms with Crippen LogP contribution in [0.2, 0.25) is 0 Å². The fourth-order valence-corrected chi connectivity index (χ4v) is 2.33. The van der Waals surface area contributed by atoms with E-state index in [1.807, 2.05) is 24.3 Å². The highest BCUT2D eigenvalue weighted by molar-refractivity contribution is 9.08. The van der Waals surface area contributed by atoms with Gasteiger partial charge in [0.1, 0.15) is 18.1 Å². The minimum absolute atomic E-state index is 0.577. The number of hydrogen-bond donors (Lipinski definition) is 0. The van der Waals surface area contributed by atoms with E-state index >= 15 is 0 Å². The summed E-state index contributed by atoms with van der Waals surface area (Å²) in [5.74, 6) is 1.73. The summed E-state index contributed by atoms with van der Waals surface area (Å²) in [6.07, 6.45) is 0. The van der Waals surface area contributed by atoms with Gasteiger partial charge < -0.3 is 9.47 Å². The van der Waals surface area contributed by atoms with Crippen LogP contribution in [0.25, 0.3) is 0 Å². The number of aryl methyl sites for hydroxylation is 1. The van der Waals surface area contributed by atoms with Crippen molar-refractivity contribution in [3.63, 3.8) is 0 Å². The van der Waals surface area contributed by atoms with Crippen LogP contribution in [-0.4, -0.2) is 7.11 Å². The molecule has 0 saturated carbocycles. The van der Waals surface area contributed by atoms with E-state index in [-0.39, 0.29) is 0 Å². The highest BCUT2D eigenvalue weighted by Crippen LogP contribution is 2.26. The smallest absolute Gasteiger partial charge is 0.124 e. The molecule has 0 aromatic heterocycles. The number of hydrogen-bond acceptors (Lipinski definition) is 2. The highest BCUT2D eigenvalue weighted by Gasteiger charge is 2.05. The molecule has 2 nitrogen and oxygen atoms in total. The van der Waals surface area contributed by atoms with E-state index in [2.05, 4.69) is 41.1 Å². The van der Waals surface area contributed by atoms with E-state index in [0.717, 1.165) is 22.4 Å². The molecule has 0 saturated heterocycles. The van der Waals surface area contributed by atoms with E-state index in [0.29, 0.717) is 6.61 Å². The molecule has 2 aromatic rings. The van der Waals surface area contributed by atoms with Crippen molar-refractivity contribution < 1.29 is 9.47 Å². The number of methoxy groups -OCH3 is 1. The molecule has 0 aliphatic heterocycles. The molecule has 0 aliphatic carbocycles. The third-order valence-corrected chi connectivity index (χ3v) is 3.49. The van der Waals surface area contributed by atoms with E-state index in [9.17, 15) is 0 Å². The van der Waals surface area contributed by atoms with Crippen LogP contribution in [0.5, 0.6) is 11.5 Å².